The van der Waals surface area contributed by atoms with Crippen molar-refractivity contribution in [3.05, 3.63) is 83.7 Å². The quantitative estimate of drug-likeness (QED) is 0.294. The average Bonchev–Trinajstić information content (AvgIpc) is 2.87. The van der Waals surface area contributed by atoms with Crippen molar-refractivity contribution < 1.29 is 23.8 Å². The van der Waals surface area contributed by atoms with Gasteiger partial charge in [0.15, 0.2) is 5.78 Å². The van der Waals surface area contributed by atoms with Crippen LogP contribution in [0.25, 0.3) is 0 Å². The fourth-order valence-electron chi connectivity index (χ4n) is 4.43. The number of benzene rings is 2. The van der Waals surface area contributed by atoms with Crippen LogP contribution in [-0.4, -0.2) is 34.6 Å². The largest absolute Gasteiger partial charge is 0.490 e. The van der Waals surface area contributed by atoms with Crippen molar-refractivity contribution in [1.82, 2.24) is 10.3 Å². The van der Waals surface area contributed by atoms with Crippen LogP contribution in [0.1, 0.15) is 82.4 Å². The summed E-state index contributed by atoms with van der Waals surface area (Å²) in [5.41, 5.74) is 2.05. The lowest BCUT2D eigenvalue weighted by Crippen LogP contribution is -2.50. The molecule has 2 aromatic carbocycles. The van der Waals surface area contributed by atoms with E-state index in [1.165, 1.54) is 5.56 Å². The number of aromatic nitrogens is 1. The first-order valence-electron chi connectivity index (χ1n) is 13.5. The highest BCUT2D eigenvalue weighted by molar-refractivity contribution is 5.93. The number of nitrogens with zero attached hydrogens (tertiary/aromatic N) is 1. The van der Waals surface area contributed by atoms with Gasteiger partial charge < -0.3 is 19.5 Å². The van der Waals surface area contributed by atoms with Crippen LogP contribution in [0.4, 0.5) is 4.79 Å². The van der Waals surface area contributed by atoms with Crippen LogP contribution in [0.3, 0.4) is 0 Å². The predicted octanol–water partition coefficient (Wildman–Crippen LogP) is 7.23. The minimum atomic E-state index is -0.503. The van der Waals surface area contributed by atoms with Crippen molar-refractivity contribution in [2.75, 3.05) is 0 Å². The molecule has 0 spiro atoms. The third-order valence-electron chi connectivity index (χ3n) is 6.85. The molecule has 1 aliphatic rings. The summed E-state index contributed by atoms with van der Waals surface area (Å²) in [7, 11) is 0. The van der Waals surface area contributed by atoms with Gasteiger partial charge in [-0.15, -0.1) is 0 Å². The standard InChI is InChI=1S/C32H38N2O5/c1-7-29(35)28-17-16-26(20-33-28)37-24-12-8-21(9-13-24)32(5,6)22-10-14-25(15-11-22)38-27-18-23(19-27)34-30(36)39-31(2,3)4/h8-17,20,23,27H,7,18-19H2,1-6H3,(H,34,36). The Morgan fingerprint density at radius 2 is 1.41 bits per heavy atom. The number of amides is 1. The van der Waals surface area contributed by atoms with E-state index >= 15 is 0 Å². The lowest BCUT2D eigenvalue weighted by atomic mass is 9.78. The van der Waals surface area contributed by atoms with E-state index < -0.39 is 5.60 Å². The Morgan fingerprint density at radius 3 is 1.92 bits per heavy atom. The molecule has 1 heterocycles. The summed E-state index contributed by atoms with van der Waals surface area (Å²) in [5, 5.41) is 2.90. The minimum Gasteiger partial charge on any atom is -0.490 e. The molecular weight excluding hydrogens is 492 g/mol. The molecule has 1 amide bonds. The number of ketones is 1. The van der Waals surface area contributed by atoms with Crippen LogP contribution >= 0.6 is 0 Å². The number of alkyl carbamates (subject to hydrolysis) is 1. The lowest BCUT2D eigenvalue weighted by molar-refractivity contribution is 0.0362. The molecule has 7 heteroatoms. The second-order valence-corrected chi connectivity index (χ2v) is 11.5. The van der Waals surface area contributed by atoms with Gasteiger partial charge in [0.2, 0.25) is 0 Å². The number of ether oxygens (including phenoxy) is 3. The van der Waals surface area contributed by atoms with Gasteiger partial charge in [0, 0.05) is 30.7 Å². The summed E-state index contributed by atoms with van der Waals surface area (Å²) >= 11 is 0. The number of hydrogen-bond donors (Lipinski definition) is 1. The number of rotatable bonds is 9. The van der Waals surface area contributed by atoms with Crippen molar-refractivity contribution >= 4 is 11.9 Å². The molecule has 1 aromatic heterocycles. The molecule has 39 heavy (non-hydrogen) atoms. The first-order valence-corrected chi connectivity index (χ1v) is 13.5. The number of hydrogen-bond acceptors (Lipinski definition) is 6. The SMILES string of the molecule is CCC(=O)c1ccc(Oc2ccc(C(C)(C)c3ccc(OC4CC(NC(=O)OC(C)(C)C)C4)cc3)cc2)cn1. The van der Waals surface area contributed by atoms with E-state index in [9.17, 15) is 9.59 Å². The highest BCUT2D eigenvalue weighted by Crippen LogP contribution is 2.35. The van der Waals surface area contributed by atoms with Gasteiger partial charge in [-0.3, -0.25) is 4.79 Å². The number of carbonyl (C=O) groups excluding carboxylic acids is 2. The van der Waals surface area contributed by atoms with Crippen LogP contribution in [-0.2, 0) is 10.2 Å². The number of nitrogens with one attached hydrogen (secondary N) is 1. The lowest BCUT2D eigenvalue weighted by Gasteiger charge is -2.36. The van der Waals surface area contributed by atoms with Crippen molar-refractivity contribution in [3.63, 3.8) is 0 Å². The maximum atomic E-state index is 11.9. The van der Waals surface area contributed by atoms with E-state index in [4.69, 9.17) is 14.2 Å². The number of Topliss-reactive ketones (excluding diaryl/α,β-unsaturated/α-hetero) is 1. The molecule has 1 saturated carbocycles. The molecular formula is C32H38N2O5. The molecule has 1 N–H and O–H groups in total. The second-order valence-electron chi connectivity index (χ2n) is 11.5. The third-order valence-corrected chi connectivity index (χ3v) is 6.85. The summed E-state index contributed by atoms with van der Waals surface area (Å²) in [4.78, 5) is 27.9. The summed E-state index contributed by atoms with van der Waals surface area (Å²) in [6, 6.07) is 19.7. The van der Waals surface area contributed by atoms with Gasteiger partial charge in [0.25, 0.3) is 0 Å². The Kier molecular flexibility index (Phi) is 8.28. The number of carbonyl (C=O) groups is 2. The fourth-order valence-corrected chi connectivity index (χ4v) is 4.43. The molecule has 1 fully saturated rings. The van der Waals surface area contributed by atoms with Crippen molar-refractivity contribution in [2.24, 2.45) is 0 Å². The first kappa shape index (κ1) is 28.1. The zero-order chi connectivity index (χ0) is 28.2. The summed E-state index contributed by atoms with van der Waals surface area (Å²) in [6.07, 6.45) is 3.22. The number of pyridine rings is 1. The van der Waals surface area contributed by atoms with Gasteiger partial charge in [0.05, 0.1) is 6.20 Å². The Hall–Kier alpha value is -3.87. The van der Waals surface area contributed by atoms with Gasteiger partial charge in [-0.25, -0.2) is 9.78 Å². The molecule has 4 rings (SSSR count). The predicted molar refractivity (Wildman–Crippen MR) is 151 cm³/mol. The molecule has 7 nitrogen and oxygen atoms in total. The molecule has 0 bridgehead atoms. The summed E-state index contributed by atoms with van der Waals surface area (Å²) < 4.78 is 17.3. The van der Waals surface area contributed by atoms with Gasteiger partial charge >= 0.3 is 6.09 Å². The van der Waals surface area contributed by atoms with E-state index in [0.717, 1.165) is 24.2 Å². The van der Waals surface area contributed by atoms with E-state index in [-0.39, 0.29) is 29.4 Å². The second kappa shape index (κ2) is 11.5. The third kappa shape index (κ3) is 7.37. The highest BCUT2D eigenvalue weighted by Gasteiger charge is 2.33. The first-order chi connectivity index (χ1) is 18.4. The Bertz CT molecular complexity index is 1270. The normalized spacial score (nSPS) is 17.1. The smallest absolute Gasteiger partial charge is 0.407 e. The van der Waals surface area contributed by atoms with Gasteiger partial charge in [-0.1, -0.05) is 45.0 Å². The van der Waals surface area contributed by atoms with E-state index in [1.807, 2.05) is 52.0 Å². The van der Waals surface area contributed by atoms with Gasteiger partial charge in [0.1, 0.15) is 34.6 Å². The van der Waals surface area contributed by atoms with E-state index in [0.29, 0.717) is 23.6 Å². The molecule has 3 aromatic rings. The maximum absolute atomic E-state index is 11.9. The van der Waals surface area contributed by atoms with Crippen LogP contribution in [0.15, 0.2) is 66.9 Å². The van der Waals surface area contributed by atoms with Crippen molar-refractivity contribution in [3.8, 4) is 17.2 Å². The van der Waals surface area contributed by atoms with Crippen LogP contribution in [0, 0.1) is 0 Å². The van der Waals surface area contributed by atoms with Crippen LogP contribution in [0.5, 0.6) is 17.2 Å². The topological polar surface area (TPSA) is 86.8 Å². The molecule has 206 valence electrons. The van der Waals surface area contributed by atoms with E-state index in [1.54, 1.807) is 18.3 Å². The van der Waals surface area contributed by atoms with Crippen molar-refractivity contribution in [1.29, 1.82) is 0 Å². The highest BCUT2D eigenvalue weighted by atomic mass is 16.6. The minimum absolute atomic E-state index is 0.0111. The zero-order valence-electron chi connectivity index (χ0n) is 23.6. The average molecular weight is 531 g/mol. The molecule has 0 radical (unpaired) electrons. The van der Waals surface area contributed by atoms with Crippen LogP contribution in [0.2, 0.25) is 0 Å². The Balaban J connectivity index is 1.30. The summed E-state index contributed by atoms with van der Waals surface area (Å²) in [5.74, 6) is 2.12. The zero-order valence-corrected chi connectivity index (χ0v) is 23.6. The molecule has 0 atom stereocenters. The van der Waals surface area contributed by atoms with Crippen LogP contribution < -0.4 is 14.8 Å². The van der Waals surface area contributed by atoms with E-state index in [2.05, 4.69) is 48.4 Å². The summed E-state index contributed by atoms with van der Waals surface area (Å²) in [6.45, 7) is 11.7. The molecule has 1 aliphatic carbocycles. The molecule has 0 unspecified atom stereocenters. The molecule has 0 aliphatic heterocycles. The molecule has 0 saturated heterocycles. The maximum Gasteiger partial charge on any atom is 0.407 e. The monoisotopic (exact) mass is 530 g/mol. The Morgan fingerprint density at radius 1 is 0.846 bits per heavy atom. The van der Waals surface area contributed by atoms with Gasteiger partial charge in [-0.2, -0.15) is 0 Å². The Labute approximate surface area is 230 Å². The van der Waals surface area contributed by atoms with Gasteiger partial charge in [-0.05, 0) is 68.3 Å². The van der Waals surface area contributed by atoms with Crippen molar-refractivity contribution in [2.45, 2.75) is 84.0 Å². The fraction of sp³-hybridized carbons (Fsp3) is 0.406.